The van der Waals surface area contributed by atoms with Gasteiger partial charge in [0.05, 0.1) is 0 Å². The summed E-state index contributed by atoms with van der Waals surface area (Å²) in [4.78, 5) is 9.98. The second-order valence-electron chi connectivity index (χ2n) is 1.24. The van der Waals surface area contributed by atoms with Crippen molar-refractivity contribution < 1.29 is 37.5 Å². The number of carbonyl (C=O) groups excluding carboxylic acids is 1. The van der Waals surface area contributed by atoms with Crippen LogP contribution in [0.1, 0.15) is 13.8 Å². The SMILES string of the molecule is [CH-]=C(C)C(C)=O.[Y]. The monoisotopic (exact) mass is 172 g/mol. The molecule has 0 aromatic heterocycles. The van der Waals surface area contributed by atoms with Crippen molar-refractivity contribution in [1.82, 2.24) is 0 Å². The van der Waals surface area contributed by atoms with Crippen molar-refractivity contribution in [3.05, 3.63) is 12.2 Å². The molecule has 0 aromatic carbocycles. The van der Waals surface area contributed by atoms with E-state index in [1.807, 2.05) is 0 Å². The Hall–Kier alpha value is 0.514. The Bertz CT molecular complexity index is 74.1. The zero-order valence-corrected chi connectivity index (χ0v) is 7.40. The van der Waals surface area contributed by atoms with Crippen molar-refractivity contribution in [2.75, 3.05) is 0 Å². The van der Waals surface area contributed by atoms with Crippen LogP contribution in [0.4, 0.5) is 0 Å². The minimum absolute atomic E-state index is 0. The molecule has 0 aliphatic carbocycles. The maximum atomic E-state index is 9.98. The third-order valence-corrected chi connectivity index (χ3v) is 0.555. The van der Waals surface area contributed by atoms with Gasteiger partial charge in [-0.3, -0.25) is 6.58 Å². The fraction of sp³-hybridized carbons (Fsp3) is 0.400. The first-order valence-corrected chi connectivity index (χ1v) is 1.74. The van der Waals surface area contributed by atoms with E-state index in [2.05, 4.69) is 0 Å². The maximum absolute atomic E-state index is 9.98. The topological polar surface area (TPSA) is 17.1 Å². The molecule has 0 heterocycles. The van der Waals surface area contributed by atoms with Gasteiger partial charge in [0.25, 0.3) is 0 Å². The van der Waals surface area contributed by atoms with Gasteiger partial charge in [-0.05, 0) is 0 Å². The third kappa shape index (κ3) is 6.51. The van der Waals surface area contributed by atoms with E-state index in [1.54, 1.807) is 6.92 Å². The van der Waals surface area contributed by atoms with Crippen LogP contribution in [0.15, 0.2) is 5.57 Å². The Labute approximate surface area is 69.1 Å². The van der Waals surface area contributed by atoms with Crippen LogP contribution in [0.2, 0.25) is 0 Å². The number of hydrogen-bond acceptors (Lipinski definition) is 1. The van der Waals surface area contributed by atoms with E-state index in [-0.39, 0.29) is 38.5 Å². The normalized spacial score (nSPS) is 6.57. The predicted octanol–water partition coefficient (Wildman–Crippen LogP) is 0.952. The van der Waals surface area contributed by atoms with E-state index in [4.69, 9.17) is 6.58 Å². The van der Waals surface area contributed by atoms with E-state index in [0.717, 1.165) is 0 Å². The number of Topliss-reactive ketones (excluding diaryl/α,β-unsaturated/α-hetero) is 1. The first kappa shape index (κ1) is 10.5. The van der Waals surface area contributed by atoms with Crippen molar-refractivity contribution in [2.45, 2.75) is 13.8 Å². The molecule has 7 heavy (non-hydrogen) atoms. The molecule has 0 fully saturated rings. The third-order valence-electron chi connectivity index (χ3n) is 0.555. The van der Waals surface area contributed by atoms with Gasteiger partial charge in [0, 0.05) is 38.5 Å². The molecule has 0 N–H and O–H groups in total. The molecule has 0 atom stereocenters. The molecule has 0 saturated heterocycles. The van der Waals surface area contributed by atoms with Crippen molar-refractivity contribution in [3.63, 3.8) is 0 Å². The first-order chi connectivity index (χ1) is 2.64. The molecule has 2 heteroatoms. The van der Waals surface area contributed by atoms with E-state index in [9.17, 15) is 4.79 Å². The molecule has 1 radical (unpaired) electrons. The zero-order chi connectivity index (χ0) is 5.15. The van der Waals surface area contributed by atoms with Crippen LogP contribution < -0.4 is 0 Å². The largest absolute Gasteiger partial charge is 0.407 e. The van der Waals surface area contributed by atoms with Gasteiger partial charge in [-0.2, -0.15) is 5.57 Å². The molecule has 1 nitrogen and oxygen atoms in total. The molecule has 0 rings (SSSR count). The fourth-order valence-electron chi connectivity index (χ4n) is 0. The van der Waals surface area contributed by atoms with Gasteiger partial charge in [0.1, 0.15) is 0 Å². The summed E-state index contributed by atoms with van der Waals surface area (Å²) in [5, 5.41) is 0. The van der Waals surface area contributed by atoms with Gasteiger partial charge >= 0.3 is 0 Å². The van der Waals surface area contributed by atoms with Gasteiger partial charge in [0.15, 0.2) is 0 Å². The Morgan fingerprint density at radius 1 is 1.43 bits per heavy atom. The summed E-state index contributed by atoms with van der Waals surface area (Å²) < 4.78 is 0. The number of allylic oxidation sites excluding steroid dienone is 1. The number of hydrogen-bond donors (Lipinski definition) is 0. The molecule has 37 valence electrons. The average Bonchev–Trinajstić information content (AvgIpc) is 1.36. The zero-order valence-electron chi connectivity index (χ0n) is 4.56. The van der Waals surface area contributed by atoms with Crippen LogP contribution >= 0.6 is 0 Å². The van der Waals surface area contributed by atoms with Crippen molar-refractivity contribution in [3.8, 4) is 0 Å². The quantitative estimate of drug-likeness (QED) is 0.425. The van der Waals surface area contributed by atoms with Crippen LogP contribution in [-0.2, 0) is 37.5 Å². The van der Waals surface area contributed by atoms with Crippen LogP contribution in [0.5, 0.6) is 0 Å². The van der Waals surface area contributed by atoms with Crippen LogP contribution in [0.25, 0.3) is 0 Å². The number of ketones is 1. The minimum atomic E-state index is -0.0463. The fourth-order valence-corrected chi connectivity index (χ4v) is 0. The number of carbonyl (C=O) groups is 1. The molecular formula is C5H7OY-. The van der Waals surface area contributed by atoms with Gasteiger partial charge in [-0.25, -0.2) is 0 Å². The summed E-state index contributed by atoms with van der Waals surface area (Å²) in [6.07, 6.45) is 0. The summed E-state index contributed by atoms with van der Waals surface area (Å²) in [6.45, 7) is 8.03. The van der Waals surface area contributed by atoms with Crippen molar-refractivity contribution >= 4 is 5.78 Å². The van der Waals surface area contributed by atoms with Gasteiger partial charge in [-0.15, -0.1) is 0 Å². The van der Waals surface area contributed by atoms with Gasteiger partial charge < -0.3 is 4.79 Å². The van der Waals surface area contributed by atoms with E-state index < -0.39 is 0 Å². The average molecular weight is 172 g/mol. The molecule has 0 spiro atoms. The molecular weight excluding hydrogens is 165 g/mol. The van der Waals surface area contributed by atoms with Crippen molar-refractivity contribution in [1.29, 1.82) is 0 Å². The van der Waals surface area contributed by atoms with Gasteiger partial charge in [-0.1, -0.05) is 13.8 Å². The maximum Gasteiger partial charge on any atom is 0.0000493 e. The van der Waals surface area contributed by atoms with E-state index >= 15 is 0 Å². The molecule has 0 unspecified atom stereocenters. The summed E-state index contributed by atoms with van der Waals surface area (Å²) in [5.74, 6) is -0.0463. The van der Waals surface area contributed by atoms with E-state index in [1.165, 1.54) is 6.92 Å². The molecule has 0 aliphatic heterocycles. The molecule has 0 aliphatic rings. The summed E-state index contributed by atoms with van der Waals surface area (Å²) in [6, 6.07) is 0. The summed E-state index contributed by atoms with van der Waals surface area (Å²) in [7, 11) is 0. The van der Waals surface area contributed by atoms with Crippen LogP contribution in [-0.4, -0.2) is 5.78 Å². The second kappa shape index (κ2) is 4.67. The predicted molar refractivity (Wildman–Crippen MR) is 24.2 cm³/mol. The Balaban J connectivity index is 0. The van der Waals surface area contributed by atoms with E-state index in [0.29, 0.717) is 5.57 Å². The molecule has 0 saturated carbocycles. The molecule has 0 aromatic rings. The standard InChI is InChI=1S/C5H7O.Y/c1-4(2)5(3)6;/h1H,2-3H3;/q-1;. The van der Waals surface area contributed by atoms with Crippen LogP contribution in [0, 0.1) is 6.58 Å². The summed E-state index contributed by atoms with van der Waals surface area (Å²) in [5.41, 5.74) is 0.370. The Morgan fingerprint density at radius 2 is 1.57 bits per heavy atom. The van der Waals surface area contributed by atoms with Crippen molar-refractivity contribution in [2.24, 2.45) is 0 Å². The molecule has 0 bridgehead atoms. The minimum Gasteiger partial charge on any atom is -0.407 e. The molecule has 0 amide bonds. The Morgan fingerprint density at radius 3 is 1.57 bits per heavy atom. The number of rotatable bonds is 1. The smallest absolute Gasteiger partial charge is 0.0000493 e. The van der Waals surface area contributed by atoms with Gasteiger partial charge in [0.2, 0.25) is 0 Å². The second-order valence-corrected chi connectivity index (χ2v) is 1.24. The van der Waals surface area contributed by atoms with Crippen LogP contribution in [0.3, 0.4) is 0 Å². The summed E-state index contributed by atoms with van der Waals surface area (Å²) >= 11 is 0. The first-order valence-electron chi connectivity index (χ1n) is 1.74. The Kier molecular flexibility index (Phi) is 6.99.